The van der Waals surface area contributed by atoms with E-state index in [0.717, 1.165) is 0 Å². The third-order valence-electron chi connectivity index (χ3n) is 5.51. The van der Waals surface area contributed by atoms with Gasteiger partial charge in [0.1, 0.15) is 17.4 Å². The van der Waals surface area contributed by atoms with Crippen LogP contribution in [0.15, 0.2) is 30.3 Å². The molecule has 2 aliphatic heterocycles. The molecule has 0 bridgehead atoms. The molecule has 0 unspecified atom stereocenters. The second kappa shape index (κ2) is 8.16. The Morgan fingerprint density at radius 3 is 2.79 bits per heavy atom. The Bertz CT molecular complexity index is 940. The van der Waals surface area contributed by atoms with E-state index in [4.69, 9.17) is 16.3 Å². The highest BCUT2D eigenvalue weighted by Crippen LogP contribution is 2.34. The SMILES string of the molecule is O=C1CCc2c(OC[C@H]3CCN(c4ccc(Cl)cc4F)C[C@@H]3O)ccc(F)c2N1. The van der Waals surface area contributed by atoms with Crippen molar-refractivity contribution >= 4 is 28.9 Å². The van der Waals surface area contributed by atoms with Gasteiger partial charge in [0.05, 0.1) is 24.1 Å². The fourth-order valence-electron chi connectivity index (χ4n) is 3.89. The number of amides is 1. The lowest BCUT2D eigenvalue weighted by molar-refractivity contribution is -0.116. The van der Waals surface area contributed by atoms with Gasteiger partial charge in [-0.1, -0.05) is 11.6 Å². The summed E-state index contributed by atoms with van der Waals surface area (Å²) in [5, 5.41) is 13.4. The molecule has 2 heterocycles. The van der Waals surface area contributed by atoms with Gasteiger partial charge >= 0.3 is 0 Å². The van der Waals surface area contributed by atoms with Gasteiger partial charge in [-0.05, 0) is 43.2 Å². The van der Waals surface area contributed by atoms with Crippen LogP contribution < -0.4 is 15.0 Å². The van der Waals surface area contributed by atoms with E-state index in [0.29, 0.717) is 41.4 Å². The molecular weight excluding hydrogens is 402 g/mol. The Balaban J connectivity index is 1.41. The molecule has 2 aliphatic rings. The van der Waals surface area contributed by atoms with Crippen molar-refractivity contribution in [3.05, 3.63) is 52.6 Å². The third-order valence-corrected chi connectivity index (χ3v) is 5.75. The summed E-state index contributed by atoms with van der Waals surface area (Å²) < 4.78 is 34.0. The predicted octanol–water partition coefficient (Wildman–Crippen LogP) is 3.77. The normalized spacial score (nSPS) is 21.5. The van der Waals surface area contributed by atoms with Gasteiger partial charge in [0.2, 0.25) is 5.91 Å². The zero-order chi connectivity index (χ0) is 20.5. The van der Waals surface area contributed by atoms with Crippen molar-refractivity contribution in [3.8, 4) is 5.75 Å². The highest BCUT2D eigenvalue weighted by atomic mass is 35.5. The van der Waals surface area contributed by atoms with Crippen LogP contribution in [0, 0.1) is 17.6 Å². The summed E-state index contributed by atoms with van der Waals surface area (Å²) >= 11 is 5.80. The molecule has 0 spiro atoms. The third kappa shape index (κ3) is 4.16. The van der Waals surface area contributed by atoms with E-state index in [1.165, 1.54) is 12.1 Å². The Kier molecular flexibility index (Phi) is 5.61. The second-order valence-electron chi connectivity index (χ2n) is 7.42. The number of carbonyl (C=O) groups is 1. The number of benzene rings is 2. The standard InChI is InChI=1S/C21H21ClF2N2O3/c22-13-1-4-17(16(24)9-13)26-8-7-12(18(27)10-26)11-29-19-5-3-15(23)21-14(19)2-6-20(28)25-21/h1,3-5,9,12,18,27H,2,6-8,10-11H2,(H,25,28)/t12-,18+/m1/s1. The topological polar surface area (TPSA) is 61.8 Å². The molecule has 2 aromatic rings. The van der Waals surface area contributed by atoms with Crippen LogP contribution in [0.2, 0.25) is 5.02 Å². The van der Waals surface area contributed by atoms with Gasteiger partial charge in [-0.25, -0.2) is 8.78 Å². The molecule has 29 heavy (non-hydrogen) atoms. The van der Waals surface area contributed by atoms with Gasteiger partial charge in [-0.3, -0.25) is 4.79 Å². The van der Waals surface area contributed by atoms with E-state index in [-0.39, 0.29) is 37.1 Å². The number of halogens is 3. The Hall–Kier alpha value is -2.38. The number of rotatable bonds is 4. The maximum absolute atomic E-state index is 14.2. The quantitative estimate of drug-likeness (QED) is 0.787. The fraction of sp³-hybridized carbons (Fsp3) is 0.381. The highest BCUT2D eigenvalue weighted by Gasteiger charge is 2.30. The number of β-amino-alcohol motifs (C(OH)–C–C–N with tert-alkyl or cyclic N) is 1. The van der Waals surface area contributed by atoms with Crippen LogP contribution in [0.4, 0.5) is 20.2 Å². The lowest BCUT2D eigenvalue weighted by Crippen LogP contribution is -2.46. The zero-order valence-corrected chi connectivity index (χ0v) is 16.4. The lowest BCUT2D eigenvalue weighted by atomic mass is 9.94. The first-order chi connectivity index (χ1) is 13.9. The van der Waals surface area contributed by atoms with Gasteiger partial charge in [0, 0.05) is 36.0 Å². The molecule has 8 heteroatoms. The highest BCUT2D eigenvalue weighted by molar-refractivity contribution is 6.30. The summed E-state index contributed by atoms with van der Waals surface area (Å²) in [7, 11) is 0. The Morgan fingerprint density at radius 2 is 2.03 bits per heavy atom. The molecule has 4 rings (SSSR count). The number of fused-ring (bicyclic) bond motifs is 1. The fourth-order valence-corrected chi connectivity index (χ4v) is 4.05. The number of anilines is 2. The van der Waals surface area contributed by atoms with E-state index in [2.05, 4.69) is 5.32 Å². The van der Waals surface area contributed by atoms with Crippen molar-refractivity contribution in [1.82, 2.24) is 0 Å². The van der Waals surface area contributed by atoms with Crippen LogP contribution in [0.5, 0.6) is 5.75 Å². The van der Waals surface area contributed by atoms with E-state index >= 15 is 0 Å². The Labute approximate surface area is 172 Å². The lowest BCUT2D eigenvalue weighted by Gasteiger charge is -2.37. The van der Waals surface area contributed by atoms with Gasteiger partial charge in [-0.2, -0.15) is 0 Å². The van der Waals surface area contributed by atoms with Crippen LogP contribution in [0.25, 0.3) is 0 Å². The Morgan fingerprint density at radius 1 is 1.21 bits per heavy atom. The molecule has 0 radical (unpaired) electrons. The van der Waals surface area contributed by atoms with Crippen LogP contribution in [-0.2, 0) is 11.2 Å². The van der Waals surface area contributed by atoms with Crippen LogP contribution in [-0.4, -0.2) is 36.8 Å². The summed E-state index contributed by atoms with van der Waals surface area (Å²) in [4.78, 5) is 13.3. The summed E-state index contributed by atoms with van der Waals surface area (Å²) in [6.07, 6.45) is 0.601. The summed E-state index contributed by atoms with van der Waals surface area (Å²) in [5.74, 6) is -0.746. The monoisotopic (exact) mass is 422 g/mol. The molecule has 5 nitrogen and oxygen atoms in total. The first kappa shape index (κ1) is 19.9. The smallest absolute Gasteiger partial charge is 0.224 e. The minimum Gasteiger partial charge on any atom is -0.493 e. The van der Waals surface area contributed by atoms with Crippen molar-refractivity contribution in [1.29, 1.82) is 0 Å². The summed E-state index contributed by atoms with van der Waals surface area (Å²) in [6.45, 7) is 1.11. The number of piperidine rings is 1. The number of carbonyl (C=O) groups excluding carboxylic acids is 1. The van der Waals surface area contributed by atoms with Crippen molar-refractivity contribution < 1.29 is 23.4 Å². The van der Waals surface area contributed by atoms with Crippen LogP contribution >= 0.6 is 11.6 Å². The number of nitrogens with one attached hydrogen (secondary N) is 1. The maximum atomic E-state index is 14.2. The average Bonchev–Trinajstić information content (AvgIpc) is 2.68. The first-order valence-corrected chi connectivity index (χ1v) is 9.92. The van der Waals surface area contributed by atoms with Crippen LogP contribution in [0.1, 0.15) is 18.4 Å². The molecule has 1 amide bonds. The number of hydrogen-bond donors (Lipinski definition) is 2. The molecule has 0 aliphatic carbocycles. The number of aliphatic hydroxyl groups excluding tert-OH is 1. The largest absolute Gasteiger partial charge is 0.493 e. The number of ether oxygens (including phenoxy) is 1. The van der Waals surface area contributed by atoms with Crippen molar-refractivity contribution in [2.75, 3.05) is 29.9 Å². The van der Waals surface area contributed by atoms with E-state index in [1.54, 1.807) is 23.1 Å². The van der Waals surface area contributed by atoms with E-state index in [1.807, 2.05) is 0 Å². The summed E-state index contributed by atoms with van der Waals surface area (Å²) in [6, 6.07) is 7.31. The predicted molar refractivity (Wildman–Crippen MR) is 107 cm³/mol. The molecule has 1 saturated heterocycles. The van der Waals surface area contributed by atoms with Crippen LogP contribution in [0.3, 0.4) is 0 Å². The first-order valence-electron chi connectivity index (χ1n) is 9.54. The molecule has 0 aromatic heterocycles. The van der Waals surface area contributed by atoms with Gasteiger partial charge < -0.3 is 20.1 Å². The molecular formula is C21H21ClF2N2O3. The van der Waals surface area contributed by atoms with E-state index < -0.39 is 17.7 Å². The average molecular weight is 423 g/mol. The molecule has 154 valence electrons. The maximum Gasteiger partial charge on any atom is 0.224 e. The van der Waals surface area contributed by atoms with Gasteiger partial charge in [0.15, 0.2) is 0 Å². The molecule has 0 saturated carbocycles. The van der Waals surface area contributed by atoms with Crippen molar-refractivity contribution in [2.24, 2.45) is 5.92 Å². The van der Waals surface area contributed by atoms with Crippen molar-refractivity contribution in [3.63, 3.8) is 0 Å². The molecule has 1 fully saturated rings. The minimum absolute atomic E-state index is 0.138. The molecule has 2 atom stereocenters. The van der Waals surface area contributed by atoms with Gasteiger partial charge in [0.25, 0.3) is 0 Å². The molecule has 2 N–H and O–H groups in total. The van der Waals surface area contributed by atoms with Crippen molar-refractivity contribution in [2.45, 2.75) is 25.4 Å². The zero-order valence-electron chi connectivity index (χ0n) is 15.6. The minimum atomic E-state index is -0.699. The van der Waals surface area contributed by atoms with Gasteiger partial charge in [-0.15, -0.1) is 0 Å². The second-order valence-corrected chi connectivity index (χ2v) is 7.85. The number of aliphatic hydroxyl groups is 1. The summed E-state index contributed by atoms with van der Waals surface area (Å²) in [5.41, 5.74) is 1.23. The number of nitrogens with zero attached hydrogens (tertiary/aromatic N) is 1. The molecule has 2 aromatic carbocycles. The number of hydrogen-bond acceptors (Lipinski definition) is 4. The van der Waals surface area contributed by atoms with E-state index in [9.17, 15) is 18.7 Å².